The molecule has 12 nitrogen and oxygen atoms in total. The predicted molar refractivity (Wildman–Crippen MR) is 145 cm³/mol. The second-order valence-corrected chi connectivity index (χ2v) is 10.9. The van der Waals surface area contributed by atoms with E-state index in [-0.39, 0.29) is 52.1 Å². The minimum Gasteiger partial charge on any atom is -0.386 e. The van der Waals surface area contributed by atoms with Crippen molar-refractivity contribution in [3.8, 4) is 6.19 Å². The van der Waals surface area contributed by atoms with Gasteiger partial charge in [-0.3, -0.25) is 14.4 Å². The molecule has 2 aromatic heterocycles. The molecular weight excluding hydrogens is 510 g/mol. The minimum absolute atomic E-state index is 0.0127. The fourth-order valence-electron chi connectivity index (χ4n) is 5.94. The van der Waals surface area contributed by atoms with Crippen LogP contribution in [0.3, 0.4) is 0 Å². The molecule has 0 atom stereocenters. The smallest absolute Gasteiger partial charge is 0.270 e. The van der Waals surface area contributed by atoms with E-state index in [1.165, 1.54) is 16.9 Å². The largest absolute Gasteiger partial charge is 0.386 e. The molecule has 12 heteroatoms. The topological polar surface area (TPSA) is 181 Å². The highest BCUT2D eigenvalue weighted by Gasteiger charge is 2.50. The number of nitrogens with zero attached hydrogens (tertiary/aromatic N) is 6. The molecule has 2 amide bonds. The number of benzene rings is 1. The molecule has 0 unspecified atom stereocenters. The Morgan fingerprint density at radius 2 is 1.80 bits per heavy atom. The van der Waals surface area contributed by atoms with E-state index in [9.17, 15) is 14.4 Å². The van der Waals surface area contributed by atoms with E-state index in [0.29, 0.717) is 13.0 Å². The van der Waals surface area contributed by atoms with Crippen LogP contribution in [0.1, 0.15) is 77.6 Å². The van der Waals surface area contributed by atoms with Gasteiger partial charge in [-0.05, 0) is 62.0 Å². The highest BCUT2D eigenvalue weighted by Crippen LogP contribution is 2.56. The Labute approximate surface area is 231 Å². The molecule has 0 radical (unpaired) electrons. The number of nitriles is 1. The average molecular weight is 542 g/mol. The van der Waals surface area contributed by atoms with E-state index < -0.39 is 5.91 Å². The summed E-state index contributed by atoms with van der Waals surface area (Å²) in [5.41, 5.74) is 7.44. The number of nitrogens with one attached hydrogen (secondary N) is 2. The first-order chi connectivity index (χ1) is 19.2. The molecule has 2 bridgehead atoms. The highest BCUT2D eigenvalue weighted by molar-refractivity contribution is 5.98. The van der Waals surface area contributed by atoms with Crippen molar-refractivity contribution in [3.63, 3.8) is 0 Å². The third-order valence-corrected chi connectivity index (χ3v) is 8.51. The van der Waals surface area contributed by atoms with Gasteiger partial charge in [-0.1, -0.05) is 24.3 Å². The summed E-state index contributed by atoms with van der Waals surface area (Å²) in [6.07, 6.45) is 8.62. The van der Waals surface area contributed by atoms with Gasteiger partial charge >= 0.3 is 0 Å². The summed E-state index contributed by atoms with van der Waals surface area (Å²) >= 11 is 0. The number of carbonyl (C=O) groups is 3. The summed E-state index contributed by atoms with van der Waals surface area (Å²) in [6, 6.07) is 8.83. The van der Waals surface area contributed by atoms with Crippen molar-refractivity contribution in [1.82, 2.24) is 30.2 Å². The third-order valence-electron chi connectivity index (χ3n) is 8.51. The van der Waals surface area contributed by atoms with Crippen LogP contribution in [-0.4, -0.2) is 49.6 Å². The van der Waals surface area contributed by atoms with E-state index in [1.807, 2.05) is 24.3 Å². The fraction of sp³-hybridized carbons (Fsp3) is 0.429. The number of aromatic nitrogens is 4. The Bertz CT molecular complexity index is 1530. The van der Waals surface area contributed by atoms with Crippen LogP contribution in [-0.2, 0) is 17.8 Å². The van der Waals surface area contributed by atoms with Gasteiger partial charge in [0.05, 0.1) is 0 Å². The van der Waals surface area contributed by atoms with Crippen molar-refractivity contribution in [2.24, 2.45) is 21.6 Å². The maximum absolute atomic E-state index is 13.3. The number of hydrogen-bond acceptors (Lipinski definition) is 8. The van der Waals surface area contributed by atoms with Crippen molar-refractivity contribution in [2.45, 2.75) is 58.4 Å². The van der Waals surface area contributed by atoms with Crippen molar-refractivity contribution in [3.05, 3.63) is 59.2 Å². The second-order valence-electron chi connectivity index (χ2n) is 10.9. The summed E-state index contributed by atoms with van der Waals surface area (Å²) in [5.74, 6) is -0.194. The van der Waals surface area contributed by atoms with Gasteiger partial charge in [-0.2, -0.15) is 24.9 Å². The molecule has 3 aromatic rings. The fourth-order valence-corrected chi connectivity index (χ4v) is 5.94. The van der Waals surface area contributed by atoms with E-state index in [2.05, 4.69) is 30.7 Å². The first-order valence-corrected chi connectivity index (χ1v) is 13.3. The number of aliphatic imine (C=N–C) groups is 1. The van der Waals surface area contributed by atoms with Crippen LogP contribution in [0.15, 0.2) is 41.7 Å². The van der Waals surface area contributed by atoms with Crippen LogP contribution < -0.4 is 16.4 Å². The standard InChI is InChI=1S/C28H31N9O3/c1-18(38)28-8-5-27(6-9-28,7-10-28)15-32-25(40)22-13-21(36-26-34-17-35-37(22)26)24(39)31-14-20-4-2-3-19(11-20)12-23(30)33-16-29/h2-4,11,13,17H,5-10,12,14-15H2,1H3,(H2,30,33)(H,31,39)(H,32,40). The van der Waals surface area contributed by atoms with Gasteiger partial charge in [0.15, 0.2) is 0 Å². The number of amidine groups is 1. The van der Waals surface area contributed by atoms with Crippen LogP contribution in [0.4, 0.5) is 0 Å². The zero-order valence-corrected chi connectivity index (χ0v) is 22.3. The van der Waals surface area contributed by atoms with Crippen molar-refractivity contribution >= 4 is 29.2 Å². The maximum Gasteiger partial charge on any atom is 0.270 e. The van der Waals surface area contributed by atoms with Gasteiger partial charge in [0.1, 0.15) is 29.3 Å². The van der Waals surface area contributed by atoms with Crippen LogP contribution in [0.2, 0.25) is 0 Å². The lowest BCUT2D eigenvalue weighted by atomic mass is 9.52. The molecule has 0 spiro atoms. The molecule has 6 rings (SSSR count). The number of ketones is 1. The first kappa shape index (κ1) is 26.9. The lowest BCUT2D eigenvalue weighted by Gasteiger charge is -2.52. The van der Waals surface area contributed by atoms with Gasteiger partial charge in [-0.25, -0.2) is 4.98 Å². The number of hydrogen-bond donors (Lipinski definition) is 3. The normalized spacial score (nSPS) is 22.1. The van der Waals surface area contributed by atoms with E-state index in [0.717, 1.165) is 49.7 Å². The molecule has 2 heterocycles. The van der Waals surface area contributed by atoms with Gasteiger partial charge in [0, 0.05) is 31.0 Å². The second kappa shape index (κ2) is 10.8. The van der Waals surface area contributed by atoms with Gasteiger partial charge in [0.2, 0.25) is 6.19 Å². The Hall–Kier alpha value is -4.66. The van der Waals surface area contributed by atoms with Crippen molar-refractivity contribution in [2.75, 3.05) is 6.54 Å². The number of rotatable bonds is 9. The van der Waals surface area contributed by atoms with Crippen molar-refractivity contribution in [1.29, 1.82) is 5.26 Å². The van der Waals surface area contributed by atoms with Crippen LogP contribution >= 0.6 is 0 Å². The lowest BCUT2D eigenvalue weighted by molar-refractivity contribution is -0.135. The average Bonchev–Trinajstić information content (AvgIpc) is 3.44. The number of carbonyl (C=O) groups excluding carboxylic acids is 3. The number of Topliss-reactive ketones (excluding diaryl/α,β-unsaturated/α-hetero) is 1. The number of nitrogens with two attached hydrogens (primary N) is 1. The Balaban J connectivity index is 1.26. The molecule has 3 fully saturated rings. The summed E-state index contributed by atoms with van der Waals surface area (Å²) in [7, 11) is 0. The Morgan fingerprint density at radius 3 is 2.50 bits per heavy atom. The molecule has 3 aliphatic carbocycles. The summed E-state index contributed by atoms with van der Waals surface area (Å²) in [5, 5.41) is 18.7. The monoisotopic (exact) mass is 541 g/mol. The van der Waals surface area contributed by atoms with E-state index >= 15 is 0 Å². The maximum atomic E-state index is 13.3. The minimum atomic E-state index is -0.464. The lowest BCUT2D eigenvalue weighted by Crippen LogP contribution is -2.49. The van der Waals surface area contributed by atoms with E-state index in [1.54, 1.807) is 13.1 Å². The molecule has 4 N–H and O–H groups in total. The highest BCUT2D eigenvalue weighted by atomic mass is 16.2. The molecule has 3 aliphatic rings. The number of amides is 2. The number of fused-ring (bicyclic) bond motifs is 4. The summed E-state index contributed by atoms with van der Waals surface area (Å²) < 4.78 is 1.32. The zero-order chi connectivity index (χ0) is 28.3. The molecule has 0 saturated heterocycles. The Morgan fingerprint density at radius 1 is 1.07 bits per heavy atom. The molecule has 206 valence electrons. The zero-order valence-electron chi connectivity index (χ0n) is 22.3. The SMILES string of the molecule is CC(=O)C12CCC(CNC(=O)c3cc(C(=O)NCc4cccc(CC(N)=NC#N)c4)nc4ncnn34)(CC1)CC2. The molecule has 3 saturated carbocycles. The van der Waals surface area contributed by atoms with Crippen molar-refractivity contribution < 1.29 is 14.4 Å². The van der Waals surface area contributed by atoms with E-state index in [4.69, 9.17) is 11.0 Å². The Kier molecular flexibility index (Phi) is 7.30. The van der Waals surface area contributed by atoms with Gasteiger partial charge < -0.3 is 16.4 Å². The predicted octanol–water partition coefficient (Wildman–Crippen LogP) is 2.09. The van der Waals surface area contributed by atoms with Crippen LogP contribution in [0.25, 0.3) is 5.78 Å². The molecule has 1 aromatic carbocycles. The van der Waals surface area contributed by atoms with Gasteiger partial charge in [0.25, 0.3) is 17.6 Å². The van der Waals surface area contributed by atoms with Crippen LogP contribution in [0.5, 0.6) is 0 Å². The molecule has 40 heavy (non-hydrogen) atoms. The van der Waals surface area contributed by atoms with Crippen LogP contribution in [0, 0.1) is 22.3 Å². The summed E-state index contributed by atoms with van der Waals surface area (Å²) in [6.45, 7) is 2.41. The quantitative estimate of drug-likeness (QED) is 0.209. The summed E-state index contributed by atoms with van der Waals surface area (Å²) in [4.78, 5) is 50.4. The van der Waals surface area contributed by atoms with Gasteiger partial charge in [-0.15, -0.1) is 0 Å². The third kappa shape index (κ3) is 5.40. The molecular formula is C28H31N9O3. The first-order valence-electron chi connectivity index (χ1n) is 13.3. The molecule has 0 aliphatic heterocycles.